The van der Waals surface area contributed by atoms with Crippen molar-refractivity contribution in [3.63, 3.8) is 0 Å². The second-order valence-corrected chi connectivity index (χ2v) is 3.46. The van der Waals surface area contributed by atoms with Crippen molar-refractivity contribution in [3.8, 4) is 0 Å². The van der Waals surface area contributed by atoms with Crippen LogP contribution in [0.5, 0.6) is 0 Å². The zero-order valence-corrected chi connectivity index (χ0v) is 9.73. The molecule has 0 saturated heterocycles. The van der Waals surface area contributed by atoms with E-state index in [1.54, 1.807) is 11.8 Å². The fraction of sp³-hybridized carbons (Fsp3) is 0.778. The Balaban J connectivity index is 3.77. The van der Waals surface area contributed by atoms with Gasteiger partial charge in [-0.1, -0.05) is 11.8 Å². The maximum Gasteiger partial charge on any atom is 0.316 e. The summed E-state index contributed by atoms with van der Waals surface area (Å²) in [6.45, 7) is 7.27. The summed E-state index contributed by atoms with van der Waals surface area (Å²) in [6, 6.07) is 0. The molecule has 4 nitrogen and oxygen atoms in total. The zero-order chi connectivity index (χ0) is 11.0. The van der Waals surface area contributed by atoms with Crippen molar-refractivity contribution < 1.29 is 14.3 Å². The van der Waals surface area contributed by atoms with Crippen molar-refractivity contribution in [1.82, 2.24) is 4.90 Å². The molecule has 0 rings (SSSR count). The van der Waals surface area contributed by atoms with E-state index in [0.717, 1.165) is 11.8 Å². The highest BCUT2D eigenvalue weighted by Gasteiger charge is 2.12. The molecule has 0 aliphatic carbocycles. The molecule has 0 N–H and O–H groups in total. The zero-order valence-electron chi connectivity index (χ0n) is 8.91. The normalized spacial score (nSPS) is 9.64. The molecule has 0 aliphatic rings. The monoisotopic (exact) mass is 219 g/mol. The van der Waals surface area contributed by atoms with Crippen LogP contribution in [0.4, 0.5) is 4.79 Å². The molecule has 0 heterocycles. The minimum absolute atomic E-state index is 0.0666. The van der Waals surface area contributed by atoms with Gasteiger partial charge in [0.25, 0.3) is 5.24 Å². The van der Waals surface area contributed by atoms with Crippen LogP contribution in [0.15, 0.2) is 0 Å². The van der Waals surface area contributed by atoms with Crippen molar-refractivity contribution in [2.75, 3.05) is 25.4 Å². The van der Waals surface area contributed by atoms with Crippen molar-refractivity contribution in [2.45, 2.75) is 20.8 Å². The van der Waals surface area contributed by atoms with Crippen LogP contribution in [0, 0.1) is 0 Å². The van der Waals surface area contributed by atoms with Crippen molar-refractivity contribution in [1.29, 1.82) is 0 Å². The molecule has 1 amide bonds. The molecule has 82 valence electrons. The number of carbonyl (C=O) groups is 2. The smallest absolute Gasteiger partial charge is 0.316 e. The van der Waals surface area contributed by atoms with Gasteiger partial charge in [-0.05, 0) is 20.8 Å². The third-order valence-electron chi connectivity index (χ3n) is 1.64. The van der Waals surface area contributed by atoms with Crippen LogP contribution in [-0.2, 0) is 9.53 Å². The fourth-order valence-corrected chi connectivity index (χ4v) is 1.66. The highest BCUT2D eigenvalue weighted by Crippen LogP contribution is 2.08. The van der Waals surface area contributed by atoms with E-state index in [2.05, 4.69) is 0 Å². The van der Waals surface area contributed by atoms with Gasteiger partial charge in [-0.25, -0.2) is 0 Å². The summed E-state index contributed by atoms with van der Waals surface area (Å²) in [7, 11) is 0. The SMILES string of the molecule is CCOC(=O)CSC(=O)N(CC)CC. The molecule has 0 aromatic rings. The number of hydrogen-bond acceptors (Lipinski definition) is 4. The Kier molecular flexibility index (Phi) is 7.28. The summed E-state index contributed by atoms with van der Waals surface area (Å²) in [5.74, 6) is -0.235. The van der Waals surface area contributed by atoms with Gasteiger partial charge in [0.15, 0.2) is 0 Å². The summed E-state index contributed by atoms with van der Waals surface area (Å²) < 4.78 is 4.71. The summed E-state index contributed by atoms with van der Waals surface area (Å²) in [5.41, 5.74) is 0. The van der Waals surface area contributed by atoms with Gasteiger partial charge in [-0.15, -0.1) is 0 Å². The third kappa shape index (κ3) is 5.11. The standard InChI is InChI=1S/C9H17NO3S/c1-4-10(5-2)9(12)14-7-8(11)13-6-3/h4-7H2,1-3H3. The Labute approximate surface area is 89.0 Å². The van der Waals surface area contributed by atoms with E-state index >= 15 is 0 Å². The molecule has 0 bridgehead atoms. The van der Waals surface area contributed by atoms with Crippen molar-refractivity contribution in [3.05, 3.63) is 0 Å². The summed E-state index contributed by atoms with van der Waals surface area (Å²) in [5, 5.41) is -0.0666. The summed E-state index contributed by atoms with van der Waals surface area (Å²) in [4.78, 5) is 24.0. The lowest BCUT2D eigenvalue weighted by atomic mass is 10.6. The first kappa shape index (κ1) is 13.3. The second-order valence-electron chi connectivity index (χ2n) is 2.53. The molecule has 0 saturated carbocycles. The number of nitrogens with zero attached hydrogens (tertiary/aromatic N) is 1. The molecule has 0 aliphatic heterocycles. The molecule has 0 atom stereocenters. The third-order valence-corrected chi connectivity index (χ3v) is 2.53. The Bertz CT molecular complexity index is 192. The van der Waals surface area contributed by atoms with E-state index in [-0.39, 0.29) is 17.0 Å². The molecule has 5 heteroatoms. The molecule has 0 fully saturated rings. The molecule has 0 aromatic carbocycles. The van der Waals surface area contributed by atoms with E-state index in [1.807, 2.05) is 13.8 Å². The maximum atomic E-state index is 11.4. The Morgan fingerprint density at radius 1 is 1.21 bits per heavy atom. The van der Waals surface area contributed by atoms with Crippen LogP contribution < -0.4 is 0 Å². The molecular weight excluding hydrogens is 202 g/mol. The number of esters is 1. The molecule has 0 radical (unpaired) electrons. The molecular formula is C9H17NO3S. The lowest BCUT2D eigenvalue weighted by Gasteiger charge is -2.17. The second kappa shape index (κ2) is 7.67. The van der Waals surface area contributed by atoms with Gasteiger partial charge in [0.05, 0.1) is 6.61 Å². The van der Waals surface area contributed by atoms with Gasteiger partial charge in [-0.2, -0.15) is 0 Å². The van der Waals surface area contributed by atoms with Gasteiger partial charge in [0.2, 0.25) is 0 Å². The number of ether oxygens (including phenoxy) is 1. The van der Waals surface area contributed by atoms with Gasteiger partial charge in [0.1, 0.15) is 5.75 Å². The summed E-state index contributed by atoms with van der Waals surface area (Å²) >= 11 is 0.994. The number of carbonyl (C=O) groups excluding carboxylic acids is 2. The van der Waals surface area contributed by atoms with E-state index in [0.29, 0.717) is 19.7 Å². The number of rotatable bonds is 5. The van der Waals surface area contributed by atoms with Crippen molar-refractivity contribution >= 4 is 23.0 Å². The minimum atomic E-state index is -0.335. The van der Waals surface area contributed by atoms with E-state index in [9.17, 15) is 9.59 Å². The quantitative estimate of drug-likeness (QED) is 0.661. The average molecular weight is 219 g/mol. The number of amides is 1. The van der Waals surface area contributed by atoms with E-state index < -0.39 is 0 Å². The van der Waals surface area contributed by atoms with Crippen LogP contribution in [0.1, 0.15) is 20.8 Å². The van der Waals surface area contributed by atoms with E-state index in [4.69, 9.17) is 4.74 Å². The molecule has 0 aromatic heterocycles. The fourth-order valence-electron chi connectivity index (χ4n) is 0.896. The molecule has 0 spiro atoms. The van der Waals surface area contributed by atoms with Gasteiger partial charge >= 0.3 is 5.97 Å². The van der Waals surface area contributed by atoms with Crippen LogP contribution in [0.2, 0.25) is 0 Å². The van der Waals surface area contributed by atoms with Gasteiger partial charge < -0.3 is 9.64 Å². The van der Waals surface area contributed by atoms with Gasteiger partial charge in [-0.3, -0.25) is 9.59 Å². The van der Waals surface area contributed by atoms with Crippen LogP contribution in [-0.4, -0.2) is 41.6 Å². The Morgan fingerprint density at radius 2 is 1.79 bits per heavy atom. The first-order chi connectivity index (χ1) is 6.65. The average Bonchev–Trinajstić information content (AvgIpc) is 2.17. The lowest BCUT2D eigenvalue weighted by molar-refractivity contribution is -0.139. The van der Waals surface area contributed by atoms with Crippen LogP contribution >= 0.6 is 11.8 Å². The lowest BCUT2D eigenvalue weighted by Crippen LogP contribution is -2.27. The summed E-state index contributed by atoms with van der Waals surface area (Å²) in [6.07, 6.45) is 0. The van der Waals surface area contributed by atoms with Crippen LogP contribution in [0.25, 0.3) is 0 Å². The Hall–Kier alpha value is -0.710. The predicted octanol–water partition coefficient (Wildman–Crippen LogP) is 1.74. The largest absolute Gasteiger partial charge is 0.465 e. The molecule has 14 heavy (non-hydrogen) atoms. The minimum Gasteiger partial charge on any atom is -0.465 e. The first-order valence-corrected chi connectivity index (χ1v) is 5.71. The maximum absolute atomic E-state index is 11.4. The predicted molar refractivity (Wildman–Crippen MR) is 57.4 cm³/mol. The highest BCUT2D eigenvalue weighted by molar-refractivity contribution is 8.14. The highest BCUT2D eigenvalue weighted by atomic mass is 32.2. The Morgan fingerprint density at radius 3 is 2.21 bits per heavy atom. The van der Waals surface area contributed by atoms with E-state index in [1.165, 1.54) is 0 Å². The molecule has 0 unspecified atom stereocenters. The number of hydrogen-bond donors (Lipinski definition) is 0. The topological polar surface area (TPSA) is 46.6 Å². The van der Waals surface area contributed by atoms with Crippen molar-refractivity contribution in [2.24, 2.45) is 0 Å². The number of thioether (sulfide) groups is 1. The first-order valence-electron chi connectivity index (χ1n) is 4.72. The van der Waals surface area contributed by atoms with Gasteiger partial charge in [0, 0.05) is 13.1 Å². The van der Waals surface area contributed by atoms with Crippen LogP contribution in [0.3, 0.4) is 0 Å².